The third kappa shape index (κ3) is 4.51. The number of nitrogens with zero attached hydrogens (tertiary/aromatic N) is 1. The molecule has 8 heteroatoms. The lowest BCUT2D eigenvalue weighted by Gasteiger charge is -2.23. The monoisotopic (exact) mass is 430 g/mol. The fourth-order valence-electron chi connectivity index (χ4n) is 3.19. The van der Waals surface area contributed by atoms with E-state index >= 15 is 0 Å². The van der Waals surface area contributed by atoms with Crippen LogP contribution in [0.15, 0.2) is 36.4 Å². The number of carbonyl (C=O) groups is 1. The van der Waals surface area contributed by atoms with Crippen LogP contribution in [0.4, 0.5) is 5.69 Å². The molecule has 1 aliphatic heterocycles. The van der Waals surface area contributed by atoms with Crippen LogP contribution in [0, 0.1) is 11.3 Å². The first-order valence-electron chi connectivity index (χ1n) is 8.96. The van der Waals surface area contributed by atoms with Crippen molar-refractivity contribution in [3.8, 4) is 11.8 Å². The van der Waals surface area contributed by atoms with Crippen LogP contribution in [0.1, 0.15) is 36.1 Å². The third-order valence-corrected chi connectivity index (χ3v) is 5.08. The molecule has 0 radical (unpaired) electrons. The predicted molar refractivity (Wildman–Crippen MR) is 113 cm³/mol. The number of methoxy groups -OCH3 is 1. The molecule has 6 nitrogen and oxygen atoms in total. The lowest BCUT2D eigenvalue weighted by molar-refractivity contribution is -0.145. The van der Waals surface area contributed by atoms with Gasteiger partial charge in [-0.05, 0) is 31.2 Å². The fraction of sp³-hybridized carbons (Fsp3) is 0.286. The minimum absolute atomic E-state index is 0.0518. The SMILES string of the molecule is CCOC(=O)C[C@H]1O[C@H](c2cccc(OC)c2C#N)c2cc(Cl)ccc2NC1=S. The van der Waals surface area contributed by atoms with Crippen LogP contribution in [0.3, 0.4) is 0 Å². The van der Waals surface area contributed by atoms with Gasteiger partial charge in [0, 0.05) is 21.8 Å². The maximum atomic E-state index is 12.1. The highest BCUT2D eigenvalue weighted by molar-refractivity contribution is 7.80. The lowest BCUT2D eigenvalue weighted by Crippen LogP contribution is -2.31. The number of hydrogen-bond donors (Lipinski definition) is 1. The number of fused-ring (bicyclic) bond motifs is 1. The summed E-state index contributed by atoms with van der Waals surface area (Å²) < 4.78 is 16.7. The molecule has 0 saturated heterocycles. The quantitative estimate of drug-likeness (QED) is 0.556. The minimum atomic E-state index is -0.738. The van der Waals surface area contributed by atoms with Gasteiger partial charge in [0.2, 0.25) is 0 Å². The Morgan fingerprint density at radius 1 is 1.34 bits per heavy atom. The van der Waals surface area contributed by atoms with Crippen molar-refractivity contribution in [1.82, 2.24) is 0 Å². The van der Waals surface area contributed by atoms with E-state index in [-0.39, 0.29) is 13.0 Å². The summed E-state index contributed by atoms with van der Waals surface area (Å²) in [4.78, 5) is 12.4. The Morgan fingerprint density at radius 2 is 2.14 bits per heavy atom. The lowest BCUT2D eigenvalue weighted by atomic mass is 9.95. The van der Waals surface area contributed by atoms with Crippen LogP contribution in [0.25, 0.3) is 0 Å². The molecule has 0 aliphatic carbocycles. The Balaban J connectivity index is 2.12. The molecule has 29 heavy (non-hydrogen) atoms. The van der Waals surface area contributed by atoms with E-state index in [2.05, 4.69) is 11.4 Å². The van der Waals surface area contributed by atoms with Crippen LogP contribution < -0.4 is 10.1 Å². The van der Waals surface area contributed by atoms with Crippen molar-refractivity contribution < 1.29 is 19.0 Å². The molecular formula is C21H19ClN2O4S. The zero-order chi connectivity index (χ0) is 21.0. The molecule has 3 rings (SSSR count). The Labute approximate surface area is 179 Å². The van der Waals surface area contributed by atoms with Crippen LogP contribution in [0.2, 0.25) is 5.02 Å². The van der Waals surface area contributed by atoms with Crippen LogP contribution in [0.5, 0.6) is 5.75 Å². The largest absolute Gasteiger partial charge is 0.495 e. The molecule has 0 spiro atoms. The van der Waals surface area contributed by atoms with Crippen molar-refractivity contribution in [2.24, 2.45) is 0 Å². The standard InChI is InChI=1S/C21H19ClN2O4S/c1-3-27-19(25)10-18-21(29)24-16-8-7-12(22)9-14(16)20(28-18)13-5-4-6-17(26-2)15(13)11-23/h4-9,18,20H,3,10H2,1-2H3,(H,24,29)/t18-,20-/m1/s1. The number of ether oxygens (including phenoxy) is 3. The summed E-state index contributed by atoms with van der Waals surface area (Å²) in [5, 5.41) is 13.4. The summed E-state index contributed by atoms with van der Waals surface area (Å²) >= 11 is 11.7. The van der Waals surface area contributed by atoms with Crippen molar-refractivity contribution >= 4 is 40.5 Å². The molecule has 150 valence electrons. The second kappa shape index (κ2) is 9.23. The number of nitriles is 1. The Morgan fingerprint density at radius 3 is 2.83 bits per heavy atom. The highest BCUT2D eigenvalue weighted by Crippen LogP contribution is 2.40. The molecule has 1 aliphatic rings. The molecule has 0 bridgehead atoms. The van der Waals surface area contributed by atoms with Crippen LogP contribution >= 0.6 is 23.8 Å². The summed E-state index contributed by atoms with van der Waals surface area (Å²) in [5.74, 6) is 0.00874. The van der Waals surface area contributed by atoms with Crippen LogP contribution in [-0.2, 0) is 14.3 Å². The van der Waals surface area contributed by atoms with Gasteiger partial charge in [0.05, 0.1) is 20.1 Å². The highest BCUT2D eigenvalue weighted by Gasteiger charge is 2.33. The number of carbonyl (C=O) groups excluding carboxylic acids is 1. The summed E-state index contributed by atoms with van der Waals surface area (Å²) in [5.41, 5.74) is 2.34. The summed E-state index contributed by atoms with van der Waals surface area (Å²) in [6.45, 7) is 2.00. The molecule has 2 aromatic rings. The zero-order valence-electron chi connectivity index (χ0n) is 15.9. The van der Waals surface area contributed by atoms with Crippen LogP contribution in [-0.4, -0.2) is 30.8 Å². The number of esters is 1. The van der Waals surface area contributed by atoms with E-state index < -0.39 is 18.2 Å². The van der Waals surface area contributed by atoms with E-state index in [1.807, 2.05) is 0 Å². The number of thiocarbonyl (C=S) groups is 1. The van der Waals surface area contributed by atoms with Gasteiger partial charge in [-0.15, -0.1) is 0 Å². The average Bonchev–Trinajstić information content (AvgIpc) is 2.84. The van der Waals surface area contributed by atoms with Crippen molar-refractivity contribution in [3.05, 3.63) is 58.1 Å². The smallest absolute Gasteiger partial charge is 0.308 e. The Hall–Kier alpha value is -2.66. The van der Waals surface area contributed by atoms with E-state index in [0.717, 1.165) is 0 Å². The normalized spacial score (nSPS) is 18.1. The molecular weight excluding hydrogens is 412 g/mol. The second-order valence-electron chi connectivity index (χ2n) is 6.27. The molecule has 2 atom stereocenters. The summed E-state index contributed by atoms with van der Waals surface area (Å²) in [6, 6.07) is 12.7. The minimum Gasteiger partial charge on any atom is -0.495 e. The molecule has 1 N–H and O–H groups in total. The first kappa shape index (κ1) is 21.1. The highest BCUT2D eigenvalue weighted by atomic mass is 35.5. The van der Waals surface area contributed by atoms with Crippen molar-refractivity contribution in [1.29, 1.82) is 5.26 Å². The Bertz CT molecular complexity index is 989. The van der Waals surface area contributed by atoms with E-state index in [1.54, 1.807) is 43.3 Å². The van der Waals surface area contributed by atoms with Gasteiger partial charge >= 0.3 is 5.97 Å². The van der Waals surface area contributed by atoms with Gasteiger partial charge in [-0.3, -0.25) is 4.79 Å². The molecule has 0 fully saturated rings. The topological polar surface area (TPSA) is 80.6 Å². The van der Waals surface area contributed by atoms with E-state index in [9.17, 15) is 10.1 Å². The molecule has 2 aromatic carbocycles. The van der Waals surface area contributed by atoms with Crippen molar-refractivity contribution in [2.45, 2.75) is 25.6 Å². The fourth-order valence-corrected chi connectivity index (χ4v) is 3.62. The summed E-state index contributed by atoms with van der Waals surface area (Å²) in [7, 11) is 1.50. The molecule has 1 heterocycles. The predicted octanol–water partition coefficient (Wildman–Crippen LogP) is 4.40. The number of rotatable bonds is 5. The second-order valence-corrected chi connectivity index (χ2v) is 7.15. The van der Waals surface area contributed by atoms with E-state index in [4.69, 9.17) is 38.0 Å². The number of anilines is 1. The number of halogens is 1. The van der Waals surface area contributed by atoms with Gasteiger partial charge in [0.1, 0.15) is 34.6 Å². The van der Waals surface area contributed by atoms with Gasteiger partial charge < -0.3 is 19.5 Å². The number of nitrogens with one attached hydrogen (secondary N) is 1. The first-order valence-corrected chi connectivity index (χ1v) is 9.75. The maximum Gasteiger partial charge on any atom is 0.308 e. The Kier molecular flexibility index (Phi) is 6.70. The molecule has 0 amide bonds. The van der Waals surface area contributed by atoms with Gasteiger partial charge in [0.25, 0.3) is 0 Å². The summed E-state index contributed by atoms with van der Waals surface area (Å²) in [6.07, 6.45) is -1.48. The first-order chi connectivity index (χ1) is 14.0. The molecule has 0 aromatic heterocycles. The van der Waals surface area contributed by atoms with Gasteiger partial charge in [-0.25, -0.2) is 0 Å². The number of benzene rings is 2. The van der Waals surface area contributed by atoms with Gasteiger partial charge in [-0.2, -0.15) is 5.26 Å². The zero-order valence-corrected chi connectivity index (χ0v) is 17.5. The van der Waals surface area contributed by atoms with E-state index in [1.165, 1.54) is 7.11 Å². The van der Waals surface area contributed by atoms with Gasteiger partial charge in [-0.1, -0.05) is 36.0 Å². The van der Waals surface area contributed by atoms with Gasteiger partial charge in [0.15, 0.2) is 0 Å². The average molecular weight is 431 g/mol. The third-order valence-electron chi connectivity index (χ3n) is 4.48. The van der Waals surface area contributed by atoms with Crippen molar-refractivity contribution in [3.63, 3.8) is 0 Å². The van der Waals surface area contributed by atoms with E-state index in [0.29, 0.717) is 38.1 Å². The molecule has 0 unspecified atom stereocenters. The number of hydrogen-bond acceptors (Lipinski definition) is 6. The molecule has 0 saturated carbocycles. The van der Waals surface area contributed by atoms with Crippen molar-refractivity contribution in [2.75, 3.05) is 19.0 Å². The maximum absolute atomic E-state index is 12.1.